The van der Waals surface area contributed by atoms with Crippen LogP contribution in [0.25, 0.3) is 11.1 Å². The maximum absolute atomic E-state index is 11.3. The van der Waals surface area contributed by atoms with Crippen LogP contribution < -0.4 is 11.1 Å². The van der Waals surface area contributed by atoms with Gasteiger partial charge >= 0.3 is 11.7 Å². The van der Waals surface area contributed by atoms with Crippen molar-refractivity contribution in [1.29, 1.82) is 0 Å². The number of fused-ring (bicyclic) bond motifs is 1. The first kappa shape index (κ1) is 13.1. The quantitative estimate of drug-likeness (QED) is 0.616. The fourth-order valence-electron chi connectivity index (χ4n) is 1.74. The number of rotatable bonds is 5. The van der Waals surface area contributed by atoms with Gasteiger partial charge in [0.15, 0.2) is 5.58 Å². The van der Waals surface area contributed by atoms with Gasteiger partial charge in [0, 0.05) is 26.2 Å². The number of carboxylic acids is 1. The lowest BCUT2D eigenvalue weighted by Gasteiger charge is -2.02. The molecule has 0 saturated heterocycles. The van der Waals surface area contributed by atoms with Gasteiger partial charge in [0.1, 0.15) is 0 Å². The average molecular weight is 262 g/mol. The number of carboxylic acid groups (broad SMARTS) is 1. The topological polar surface area (TPSA) is 84.5 Å². The molecule has 2 rings (SSSR count). The molecule has 19 heavy (non-hydrogen) atoms. The summed E-state index contributed by atoms with van der Waals surface area (Å²) in [5.41, 5.74) is 2.29. The zero-order chi connectivity index (χ0) is 13.8. The molecule has 0 spiro atoms. The number of nitrogens with one attached hydrogen (secondary N) is 1. The van der Waals surface area contributed by atoms with Crippen molar-refractivity contribution in [2.24, 2.45) is 7.05 Å². The summed E-state index contributed by atoms with van der Waals surface area (Å²) in [6.07, 6.45) is 2.63. The number of carbonyl (C=O) groups is 1. The normalized spacial score (nSPS) is 11.4. The van der Waals surface area contributed by atoms with Gasteiger partial charge in [-0.3, -0.25) is 4.57 Å². The molecular weight excluding hydrogens is 248 g/mol. The third-order valence-electron chi connectivity index (χ3n) is 2.71. The highest BCUT2D eigenvalue weighted by molar-refractivity contribution is 5.79. The Morgan fingerprint density at radius 1 is 1.53 bits per heavy atom. The molecule has 0 amide bonds. The predicted molar refractivity (Wildman–Crippen MR) is 69.9 cm³/mol. The summed E-state index contributed by atoms with van der Waals surface area (Å²) in [7, 11) is 1.65. The predicted octanol–water partition coefficient (Wildman–Crippen LogP) is 0.862. The summed E-state index contributed by atoms with van der Waals surface area (Å²) in [6, 6.07) is 5.48. The molecule has 0 atom stereocenters. The van der Waals surface area contributed by atoms with E-state index in [1.165, 1.54) is 10.6 Å². The van der Waals surface area contributed by atoms with Crippen LogP contribution in [0.2, 0.25) is 0 Å². The molecule has 1 aromatic heterocycles. The van der Waals surface area contributed by atoms with E-state index < -0.39 is 5.97 Å². The molecule has 2 aromatic rings. The van der Waals surface area contributed by atoms with Gasteiger partial charge in [0.05, 0.1) is 5.52 Å². The standard InChI is InChI=1S/C13H14N2O4/c1-15-10-7-9(4-5-11(10)19-13(15)18)8-14-6-2-3-12(16)17/h2-5,7,14H,6,8H2,1H3,(H,16,17)/b3-2+. The van der Waals surface area contributed by atoms with Crippen molar-refractivity contribution in [1.82, 2.24) is 9.88 Å². The molecule has 0 bridgehead atoms. The van der Waals surface area contributed by atoms with Crippen molar-refractivity contribution >= 4 is 17.1 Å². The van der Waals surface area contributed by atoms with Crippen molar-refractivity contribution in [3.05, 3.63) is 46.5 Å². The molecular formula is C13H14N2O4. The van der Waals surface area contributed by atoms with E-state index in [4.69, 9.17) is 9.52 Å². The van der Waals surface area contributed by atoms with Crippen LogP contribution in [0.5, 0.6) is 0 Å². The van der Waals surface area contributed by atoms with E-state index in [-0.39, 0.29) is 5.76 Å². The largest absolute Gasteiger partial charge is 0.478 e. The molecule has 0 radical (unpaired) electrons. The number of nitrogens with zero attached hydrogens (tertiary/aromatic N) is 1. The van der Waals surface area contributed by atoms with Gasteiger partial charge in [-0.1, -0.05) is 12.1 Å². The fourth-order valence-corrected chi connectivity index (χ4v) is 1.74. The Bertz CT molecular complexity index is 681. The monoisotopic (exact) mass is 262 g/mol. The summed E-state index contributed by atoms with van der Waals surface area (Å²) in [6.45, 7) is 1.05. The van der Waals surface area contributed by atoms with E-state index in [9.17, 15) is 9.59 Å². The van der Waals surface area contributed by atoms with Crippen LogP contribution in [-0.4, -0.2) is 22.2 Å². The third kappa shape index (κ3) is 3.11. The molecule has 6 heteroatoms. The minimum absolute atomic E-state index is 0.385. The number of benzene rings is 1. The molecule has 0 fully saturated rings. The van der Waals surface area contributed by atoms with Crippen molar-refractivity contribution in [3.8, 4) is 0 Å². The molecule has 0 aliphatic heterocycles. The van der Waals surface area contributed by atoms with Crippen LogP contribution in [0.3, 0.4) is 0 Å². The Morgan fingerprint density at radius 3 is 3.05 bits per heavy atom. The number of hydrogen-bond acceptors (Lipinski definition) is 4. The molecule has 6 nitrogen and oxygen atoms in total. The Balaban J connectivity index is 2.03. The Morgan fingerprint density at radius 2 is 2.32 bits per heavy atom. The molecule has 0 aliphatic carbocycles. The molecule has 1 heterocycles. The van der Waals surface area contributed by atoms with Crippen molar-refractivity contribution in [2.45, 2.75) is 6.54 Å². The van der Waals surface area contributed by atoms with Gasteiger partial charge in [-0.2, -0.15) is 0 Å². The van der Waals surface area contributed by atoms with Gasteiger partial charge in [0.25, 0.3) is 0 Å². The van der Waals surface area contributed by atoms with E-state index >= 15 is 0 Å². The summed E-state index contributed by atoms with van der Waals surface area (Å²) in [5, 5.41) is 11.5. The SMILES string of the molecule is Cn1c(=O)oc2ccc(CNC/C=C/C(=O)O)cc21. The number of aromatic nitrogens is 1. The summed E-state index contributed by atoms with van der Waals surface area (Å²) >= 11 is 0. The highest BCUT2D eigenvalue weighted by atomic mass is 16.4. The lowest BCUT2D eigenvalue weighted by atomic mass is 10.2. The number of hydrogen-bond donors (Lipinski definition) is 2. The third-order valence-corrected chi connectivity index (χ3v) is 2.71. The van der Waals surface area contributed by atoms with E-state index in [2.05, 4.69) is 5.32 Å². The lowest BCUT2D eigenvalue weighted by molar-refractivity contribution is -0.131. The van der Waals surface area contributed by atoms with Gasteiger partial charge in [-0.05, 0) is 17.7 Å². The minimum atomic E-state index is -0.961. The van der Waals surface area contributed by atoms with Crippen LogP contribution in [0, 0.1) is 0 Å². The highest BCUT2D eigenvalue weighted by Gasteiger charge is 2.05. The molecule has 0 saturated carbocycles. The highest BCUT2D eigenvalue weighted by Crippen LogP contribution is 2.13. The zero-order valence-corrected chi connectivity index (χ0v) is 10.4. The summed E-state index contributed by atoms with van der Waals surface area (Å²) in [4.78, 5) is 21.6. The van der Waals surface area contributed by atoms with Gasteiger partial charge in [-0.25, -0.2) is 9.59 Å². The summed E-state index contributed by atoms with van der Waals surface area (Å²) in [5.74, 6) is -1.35. The first-order valence-electron chi connectivity index (χ1n) is 5.76. The Labute approximate surface area is 109 Å². The number of aliphatic carboxylic acids is 1. The van der Waals surface area contributed by atoms with Crippen LogP contribution in [0.4, 0.5) is 0 Å². The fraction of sp³-hybridized carbons (Fsp3) is 0.231. The van der Waals surface area contributed by atoms with Gasteiger partial charge in [-0.15, -0.1) is 0 Å². The van der Waals surface area contributed by atoms with E-state index in [1.807, 2.05) is 12.1 Å². The second-order valence-corrected chi connectivity index (χ2v) is 4.10. The van der Waals surface area contributed by atoms with Crippen LogP contribution in [0.15, 0.2) is 39.6 Å². The van der Waals surface area contributed by atoms with E-state index in [1.54, 1.807) is 13.1 Å². The average Bonchev–Trinajstić information content (AvgIpc) is 2.65. The first-order chi connectivity index (χ1) is 9.08. The molecule has 1 aromatic carbocycles. The Hall–Kier alpha value is -2.34. The van der Waals surface area contributed by atoms with Crippen LogP contribution in [0.1, 0.15) is 5.56 Å². The van der Waals surface area contributed by atoms with Gasteiger partial charge in [0.2, 0.25) is 0 Å². The smallest absolute Gasteiger partial charge is 0.419 e. The van der Waals surface area contributed by atoms with Crippen LogP contribution in [-0.2, 0) is 18.4 Å². The molecule has 0 aliphatic rings. The number of oxazole rings is 1. The van der Waals surface area contributed by atoms with Crippen molar-refractivity contribution < 1.29 is 14.3 Å². The van der Waals surface area contributed by atoms with E-state index in [0.29, 0.717) is 18.7 Å². The number of aryl methyl sites for hydroxylation is 1. The van der Waals surface area contributed by atoms with Crippen molar-refractivity contribution in [2.75, 3.05) is 6.54 Å². The van der Waals surface area contributed by atoms with E-state index in [0.717, 1.165) is 17.2 Å². The molecule has 100 valence electrons. The maximum atomic E-state index is 11.3. The van der Waals surface area contributed by atoms with Crippen molar-refractivity contribution in [3.63, 3.8) is 0 Å². The molecule has 0 unspecified atom stereocenters. The molecule has 2 N–H and O–H groups in total. The maximum Gasteiger partial charge on any atom is 0.419 e. The second-order valence-electron chi connectivity index (χ2n) is 4.10. The van der Waals surface area contributed by atoms with Crippen LogP contribution >= 0.6 is 0 Å². The minimum Gasteiger partial charge on any atom is -0.478 e. The lowest BCUT2D eigenvalue weighted by Crippen LogP contribution is -2.13. The Kier molecular flexibility index (Phi) is 3.82. The van der Waals surface area contributed by atoms with Gasteiger partial charge < -0.3 is 14.8 Å². The second kappa shape index (κ2) is 5.53. The first-order valence-corrected chi connectivity index (χ1v) is 5.76. The zero-order valence-electron chi connectivity index (χ0n) is 10.4. The summed E-state index contributed by atoms with van der Waals surface area (Å²) < 4.78 is 6.48.